The number of thiazole rings is 1. The molecule has 168 valence electrons. The Morgan fingerprint density at radius 3 is 2.61 bits per heavy atom. The summed E-state index contributed by atoms with van der Waals surface area (Å²) in [6.07, 6.45) is 5.56. The fourth-order valence-electron chi connectivity index (χ4n) is 3.80. The van der Waals surface area contributed by atoms with Gasteiger partial charge in [-0.25, -0.2) is 9.79 Å². The van der Waals surface area contributed by atoms with Gasteiger partial charge in [-0.05, 0) is 31.6 Å². The molecule has 1 aromatic heterocycles. The first-order valence-electron chi connectivity index (χ1n) is 10.6. The number of allylic oxidation sites excluding steroid dienone is 2. The molecule has 1 unspecified atom stereocenters. The summed E-state index contributed by atoms with van der Waals surface area (Å²) in [7, 11) is 1.57. The highest BCUT2D eigenvalue weighted by atomic mass is 32.1. The Hall–Kier alpha value is -3.71. The van der Waals surface area contributed by atoms with Crippen molar-refractivity contribution in [3.8, 4) is 5.75 Å². The number of esters is 1. The van der Waals surface area contributed by atoms with Crippen molar-refractivity contribution < 1.29 is 14.3 Å². The molecule has 1 atom stereocenters. The van der Waals surface area contributed by atoms with E-state index in [0.29, 0.717) is 31.9 Å². The molecule has 0 saturated heterocycles. The molecule has 2 heterocycles. The first-order valence-corrected chi connectivity index (χ1v) is 11.4. The normalized spacial score (nSPS) is 16.0. The van der Waals surface area contributed by atoms with Crippen molar-refractivity contribution >= 4 is 29.5 Å². The molecule has 0 spiro atoms. The lowest BCUT2D eigenvalue weighted by atomic mass is 9.95. The molecule has 4 rings (SSSR count). The molecule has 0 N–H and O–H groups in total. The second-order valence-electron chi connectivity index (χ2n) is 7.34. The number of methoxy groups -OCH3 is 1. The zero-order valence-electron chi connectivity index (χ0n) is 18.6. The molecular formula is C26H24N2O4S. The molecule has 3 aromatic rings. The highest BCUT2D eigenvalue weighted by molar-refractivity contribution is 7.07. The average Bonchev–Trinajstić information content (AvgIpc) is 3.13. The van der Waals surface area contributed by atoms with Crippen molar-refractivity contribution in [1.82, 2.24) is 4.57 Å². The molecule has 1 aliphatic rings. The number of aromatic nitrogens is 1. The van der Waals surface area contributed by atoms with Gasteiger partial charge >= 0.3 is 5.97 Å². The first-order chi connectivity index (χ1) is 16.0. The molecule has 0 radical (unpaired) electrons. The van der Waals surface area contributed by atoms with E-state index in [-0.39, 0.29) is 12.2 Å². The summed E-state index contributed by atoms with van der Waals surface area (Å²) in [5, 5.41) is 0. The summed E-state index contributed by atoms with van der Waals surface area (Å²) >= 11 is 1.29. The first kappa shape index (κ1) is 22.5. The number of carbonyl (C=O) groups is 1. The number of hydrogen-bond acceptors (Lipinski definition) is 6. The predicted molar refractivity (Wildman–Crippen MR) is 130 cm³/mol. The Morgan fingerprint density at radius 1 is 1.15 bits per heavy atom. The summed E-state index contributed by atoms with van der Waals surface area (Å²) < 4.78 is 13.0. The minimum absolute atomic E-state index is 0.221. The quantitative estimate of drug-likeness (QED) is 0.528. The van der Waals surface area contributed by atoms with Crippen molar-refractivity contribution in [2.24, 2.45) is 4.99 Å². The summed E-state index contributed by atoms with van der Waals surface area (Å²) in [6.45, 7) is 3.74. The number of carbonyl (C=O) groups excluding carboxylic acids is 1. The van der Waals surface area contributed by atoms with Crippen LogP contribution >= 0.6 is 11.3 Å². The molecule has 6 nitrogen and oxygen atoms in total. The number of hydrogen-bond donors (Lipinski definition) is 0. The van der Waals surface area contributed by atoms with Crippen LogP contribution in [-0.2, 0) is 9.53 Å². The largest absolute Gasteiger partial charge is 0.496 e. The van der Waals surface area contributed by atoms with Gasteiger partial charge in [0.2, 0.25) is 0 Å². The van der Waals surface area contributed by atoms with Crippen LogP contribution in [0.3, 0.4) is 0 Å². The topological polar surface area (TPSA) is 69.9 Å². The second-order valence-corrected chi connectivity index (χ2v) is 8.35. The lowest BCUT2D eigenvalue weighted by Gasteiger charge is -2.25. The summed E-state index contributed by atoms with van der Waals surface area (Å²) in [4.78, 5) is 31.6. The van der Waals surface area contributed by atoms with Gasteiger partial charge in [-0.15, -0.1) is 0 Å². The van der Waals surface area contributed by atoms with Crippen LogP contribution in [-0.4, -0.2) is 24.3 Å². The fraction of sp³-hybridized carbons (Fsp3) is 0.192. The fourth-order valence-corrected chi connectivity index (χ4v) is 4.80. The number of ether oxygens (including phenoxy) is 2. The van der Waals surface area contributed by atoms with E-state index in [9.17, 15) is 9.59 Å². The van der Waals surface area contributed by atoms with Crippen LogP contribution in [0.15, 0.2) is 81.7 Å². The van der Waals surface area contributed by atoms with Crippen molar-refractivity contribution in [3.63, 3.8) is 0 Å². The maximum Gasteiger partial charge on any atom is 0.338 e. The third kappa shape index (κ3) is 4.45. The molecule has 33 heavy (non-hydrogen) atoms. The van der Waals surface area contributed by atoms with E-state index in [1.54, 1.807) is 31.6 Å². The molecule has 2 aromatic carbocycles. The van der Waals surface area contributed by atoms with E-state index in [1.165, 1.54) is 11.3 Å². The van der Waals surface area contributed by atoms with Crippen LogP contribution in [0.25, 0.3) is 12.2 Å². The standard InChI is InChI=1S/C26H24N2O4S/c1-4-32-25(30)22-17(2)27-26-28(23(22)19-14-8-9-15-20(19)31-3)24(29)21(33-26)16-10-13-18-11-6-5-7-12-18/h5-16,23H,4H2,1-3H3/b13-10-,21-16-. The zero-order valence-corrected chi connectivity index (χ0v) is 19.5. The van der Waals surface area contributed by atoms with Crippen LogP contribution < -0.4 is 19.6 Å². The number of para-hydroxylation sites is 1. The van der Waals surface area contributed by atoms with Crippen molar-refractivity contribution in [2.45, 2.75) is 19.9 Å². The third-order valence-corrected chi connectivity index (χ3v) is 6.29. The lowest BCUT2D eigenvalue weighted by Crippen LogP contribution is -2.40. The smallest absolute Gasteiger partial charge is 0.338 e. The van der Waals surface area contributed by atoms with Gasteiger partial charge in [0, 0.05) is 5.56 Å². The third-order valence-electron chi connectivity index (χ3n) is 5.29. The van der Waals surface area contributed by atoms with E-state index < -0.39 is 12.0 Å². The Morgan fingerprint density at radius 2 is 1.88 bits per heavy atom. The number of nitrogens with zero attached hydrogens (tertiary/aromatic N) is 2. The van der Waals surface area contributed by atoms with Crippen LogP contribution in [0.2, 0.25) is 0 Å². The molecular weight excluding hydrogens is 436 g/mol. The van der Waals surface area contributed by atoms with Crippen molar-refractivity contribution in [2.75, 3.05) is 13.7 Å². The lowest BCUT2D eigenvalue weighted by molar-refractivity contribution is -0.139. The molecule has 0 saturated carbocycles. The Bertz CT molecular complexity index is 1410. The Kier molecular flexibility index (Phi) is 6.70. The van der Waals surface area contributed by atoms with E-state index in [0.717, 1.165) is 5.56 Å². The molecule has 0 fully saturated rings. The molecule has 7 heteroatoms. The van der Waals surface area contributed by atoms with Gasteiger partial charge in [0.25, 0.3) is 5.56 Å². The molecule has 0 aliphatic carbocycles. The summed E-state index contributed by atoms with van der Waals surface area (Å²) in [5.74, 6) is 0.0884. The van der Waals surface area contributed by atoms with Gasteiger partial charge in [0.15, 0.2) is 4.80 Å². The minimum Gasteiger partial charge on any atom is -0.496 e. The highest BCUT2D eigenvalue weighted by Gasteiger charge is 2.34. The summed E-state index contributed by atoms with van der Waals surface area (Å²) in [6, 6.07) is 16.5. The zero-order chi connectivity index (χ0) is 23.4. The number of benzene rings is 2. The van der Waals surface area contributed by atoms with Gasteiger partial charge in [0.05, 0.1) is 29.5 Å². The molecule has 0 bridgehead atoms. The van der Waals surface area contributed by atoms with Crippen LogP contribution in [0.4, 0.5) is 0 Å². The van der Waals surface area contributed by atoms with Crippen LogP contribution in [0.5, 0.6) is 5.75 Å². The van der Waals surface area contributed by atoms with Gasteiger partial charge < -0.3 is 9.47 Å². The molecule has 1 aliphatic heterocycles. The SMILES string of the molecule is CCOC(=O)C1=C(C)N=c2s/c(=C\C=C/c3ccccc3)c(=O)n2C1c1ccccc1OC. The van der Waals surface area contributed by atoms with Gasteiger partial charge in [0.1, 0.15) is 11.8 Å². The predicted octanol–water partition coefficient (Wildman–Crippen LogP) is 3.47. The maximum atomic E-state index is 13.5. The van der Waals surface area contributed by atoms with Gasteiger partial charge in [-0.2, -0.15) is 0 Å². The number of fused-ring (bicyclic) bond motifs is 1. The van der Waals surface area contributed by atoms with E-state index >= 15 is 0 Å². The Balaban J connectivity index is 1.90. The average molecular weight is 461 g/mol. The maximum absolute atomic E-state index is 13.5. The van der Waals surface area contributed by atoms with Crippen molar-refractivity contribution in [1.29, 1.82) is 0 Å². The number of rotatable bonds is 6. The monoisotopic (exact) mass is 460 g/mol. The van der Waals surface area contributed by atoms with E-state index in [1.807, 2.05) is 66.7 Å². The van der Waals surface area contributed by atoms with Gasteiger partial charge in [-0.1, -0.05) is 72.0 Å². The van der Waals surface area contributed by atoms with Crippen LogP contribution in [0.1, 0.15) is 31.0 Å². The molecule has 0 amide bonds. The highest BCUT2D eigenvalue weighted by Crippen LogP contribution is 2.35. The summed E-state index contributed by atoms with van der Waals surface area (Å²) in [5.41, 5.74) is 2.37. The second kappa shape index (κ2) is 9.83. The van der Waals surface area contributed by atoms with Crippen molar-refractivity contribution in [3.05, 3.63) is 103 Å². The van der Waals surface area contributed by atoms with E-state index in [2.05, 4.69) is 4.99 Å². The minimum atomic E-state index is -0.697. The van der Waals surface area contributed by atoms with Gasteiger partial charge in [-0.3, -0.25) is 9.36 Å². The van der Waals surface area contributed by atoms with Crippen LogP contribution in [0, 0.1) is 0 Å². The Labute approximate surface area is 195 Å². The van der Waals surface area contributed by atoms with E-state index in [4.69, 9.17) is 9.47 Å².